The van der Waals surface area contributed by atoms with Gasteiger partial charge in [-0.3, -0.25) is 29.2 Å². The number of anilines is 2. The quantitative estimate of drug-likeness (QED) is 0.0963. The lowest BCUT2D eigenvalue weighted by Crippen LogP contribution is -2.61. The number of sulfonamides is 2. The van der Waals surface area contributed by atoms with Crippen LogP contribution in [-0.2, 0) is 50.2 Å². The van der Waals surface area contributed by atoms with Gasteiger partial charge in [0.2, 0.25) is 11.8 Å². The molecule has 0 unspecified atom stereocenters. The van der Waals surface area contributed by atoms with Crippen molar-refractivity contribution in [1.82, 2.24) is 50.0 Å². The van der Waals surface area contributed by atoms with Crippen molar-refractivity contribution in [3.63, 3.8) is 0 Å². The van der Waals surface area contributed by atoms with Gasteiger partial charge >= 0.3 is 12.1 Å². The van der Waals surface area contributed by atoms with E-state index in [1.54, 1.807) is 67.8 Å². The Bertz CT molecular complexity index is 4760. The number of methoxy groups -OCH3 is 3. The second-order valence-corrected chi connectivity index (χ2v) is 31.6. The summed E-state index contributed by atoms with van der Waals surface area (Å²) in [6.07, 6.45) is 7.76. The van der Waals surface area contributed by atoms with Gasteiger partial charge in [-0.15, -0.1) is 0 Å². The van der Waals surface area contributed by atoms with Gasteiger partial charge in [-0.25, -0.2) is 36.4 Å². The number of nitrogens with one attached hydrogen (secondary N) is 2. The van der Waals surface area contributed by atoms with Crippen molar-refractivity contribution in [2.45, 2.75) is 117 Å². The van der Waals surface area contributed by atoms with E-state index in [-0.39, 0.29) is 85.3 Å². The number of hydrogen-bond acceptors (Lipinski definition) is 23. The molecule has 564 valence electrons. The number of ether oxygens (including phenoxy) is 7. The van der Waals surface area contributed by atoms with Crippen LogP contribution in [-0.4, -0.2) is 243 Å². The highest BCUT2D eigenvalue weighted by Gasteiger charge is 2.62. The largest absolute Gasteiger partial charge is 0.497 e. The first-order valence-electron chi connectivity index (χ1n) is 36.3. The molecule has 9 aliphatic heterocycles. The van der Waals surface area contributed by atoms with E-state index in [4.69, 9.17) is 33.2 Å². The summed E-state index contributed by atoms with van der Waals surface area (Å²) < 4.78 is 99.0. The molecule has 9 aliphatic rings. The minimum atomic E-state index is -4.70. The predicted octanol–water partition coefficient (Wildman–Crippen LogP) is 5.83. The summed E-state index contributed by atoms with van der Waals surface area (Å²) >= 11 is 0. The maximum Gasteiger partial charge on any atom is 0.318 e. The molecule has 2 bridgehead atoms. The number of urea groups is 2. The molecule has 107 heavy (non-hydrogen) atoms. The lowest BCUT2D eigenvalue weighted by Gasteiger charge is -2.46. The molecule has 4 atom stereocenters. The maximum absolute atomic E-state index is 15.3. The fourth-order valence-corrected chi connectivity index (χ4v) is 20.2. The van der Waals surface area contributed by atoms with Crippen LogP contribution >= 0.6 is 0 Å². The number of benzene rings is 4. The zero-order chi connectivity index (χ0) is 75.3. The Kier molecular flexibility index (Phi) is 20.9. The number of piperidine rings is 2. The second kappa shape index (κ2) is 30.2. The highest BCUT2D eigenvalue weighted by Crippen LogP contribution is 2.53. The van der Waals surface area contributed by atoms with Crippen molar-refractivity contribution in [3.8, 4) is 41.1 Å². The van der Waals surface area contributed by atoms with Gasteiger partial charge in [-0.1, -0.05) is 0 Å². The first kappa shape index (κ1) is 74.2. The van der Waals surface area contributed by atoms with Gasteiger partial charge in [0, 0.05) is 119 Å². The topological polar surface area (TPSA) is 325 Å². The average Bonchev–Trinajstić information content (AvgIpc) is 1.55. The van der Waals surface area contributed by atoms with E-state index in [1.165, 1.54) is 94.4 Å². The Balaban J connectivity index is 0.000000179. The Labute approximate surface area is 622 Å². The normalized spacial score (nSPS) is 23.1. The minimum absolute atomic E-state index is 0.0121. The molecule has 15 rings (SSSR count). The summed E-state index contributed by atoms with van der Waals surface area (Å²) in [6.45, 7) is 17.7. The van der Waals surface area contributed by atoms with Crippen LogP contribution in [0.15, 0.2) is 113 Å². The smallest absolute Gasteiger partial charge is 0.318 e. The van der Waals surface area contributed by atoms with Crippen molar-refractivity contribution < 1.29 is 69.2 Å². The second-order valence-electron chi connectivity index (χ2n) is 28.1. The predicted molar refractivity (Wildman–Crippen MR) is 390 cm³/mol. The molecule has 11 heterocycles. The molecule has 6 aromatic rings. The molecular weight excluding hydrogens is 1410 g/mol. The van der Waals surface area contributed by atoms with Crippen LogP contribution in [0.2, 0.25) is 0 Å². The molecule has 0 spiro atoms. The van der Waals surface area contributed by atoms with E-state index in [0.717, 1.165) is 89.0 Å². The number of likely N-dealkylation sites (tertiary alicyclic amines) is 4. The average molecular weight is 1500 g/mol. The van der Waals surface area contributed by atoms with Crippen molar-refractivity contribution in [3.05, 3.63) is 148 Å². The van der Waals surface area contributed by atoms with E-state index in [1.807, 2.05) is 0 Å². The molecule has 7 saturated heterocycles. The Morgan fingerprint density at radius 1 is 0.533 bits per heavy atom. The summed E-state index contributed by atoms with van der Waals surface area (Å²) in [5.41, 5.74) is -2.44. The fraction of sp³-hybridized carbons (Fsp3) is 0.474. The van der Waals surface area contributed by atoms with Crippen LogP contribution in [0.5, 0.6) is 29.0 Å². The van der Waals surface area contributed by atoms with Gasteiger partial charge < -0.3 is 53.6 Å². The van der Waals surface area contributed by atoms with Gasteiger partial charge in [0.05, 0.1) is 124 Å². The number of amides is 6. The molecule has 0 radical (unpaired) electrons. The van der Waals surface area contributed by atoms with Gasteiger partial charge in [0.25, 0.3) is 31.9 Å². The third kappa shape index (κ3) is 13.0. The standard InChI is InChI=1S/C38H43N7O8S.C38H45N7O7S/c1-4-53-35-30(6-5-13-40-35)38(41-37(47)42-14-11-25(12-15-42)43-20-27-17-26(43)21-44(27)28-22-52-23-28)31-16-24(19-39)7-9-32(31)45(36(38)46)54(48,49)34-10-8-29(50-2)18-33(34)51-3;1-5-52-35-30(7-6-14-40-35)38(41-37(47)44-19-17-43(18-20-44)28-12-15-42(16-13-28)29-23-51-24-29)31-21-27(22-39)8-9-32(31)45(36(38)46)53(48,49)34-11-10-33(50-4)25(2)26(34)3/h5-10,13,16,18,25-28H,4,11-12,14-15,17,20-23H2,1-3H3,(H,41,47);6-11,14,21,28-29H,5,12-13,15-20,23-24H2,1-4H3,(H,41,47)/t26-,27-,38+;38-/m01/s1. The minimum Gasteiger partial charge on any atom is -0.497 e. The summed E-state index contributed by atoms with van der Waals surface area (Å²) in [7, 11) is -5.04. The number of carbonyl (C=O) groups excluding carboxylic acids is 4. The van der Waals surface area contributed by atoms with Crippen molar-refractivity contribution in [1.29, 1.82) is 10.5 Å². The Morgan fingerprint density at radius 3 is 1.48 bits per heavy atom. The van der Waals surface area contributed by atoms with Crippen LogP contribution in [0.3, 0.4) is 0 Å². The summed E-state index contributed by atoms with van der Waals surface area (Å²) in [5, 5.41) is 26.0. The Morgan fingerprint density at radius 2 is 1.01 bits per heavy atom. The van der Waals surface area contributed by atoms with Crippen LogP contribution in [0.1, 0.15) is 90.5 Å². The van der Waals surface area contributed by atoms with Crippen LogP contribution in [0.25, 0.3) is 0 Å². The van der Waals surface area contributed by atoms with E-state index in [2.05, 4.69) is 52.3 Å². The van der Waals surface area contributed by atoms with E-state index in [0.29, 0.717) is 102 Å². The Hall–Kier alpha value is -9.70. The van der Waals surface area contributed by atoms with E-state index in [9.17, 15) is 36.9 Å². The number of hydrogen-bond donors (Lipinski definition) is 2. The molecule has 2 aromatic heterocycles. The highest BCUT2D eigenvalue weighted by atomic mass is 32.2. The summed E-state index contributed by atoms with van der Waals surface area (Å²) in [4.78, 5) is 81.4. The maximum atomic E-state index is 15.3. The molecule has 31 heteroatoms. The number of nitrogens with zero attached hydrogens (tertiary/aromatic N) is 12. The third-order valence-corrected chi connectivity index (χ3v) is 26.3. The first-order chi connectivity index (χ1) is 51.7. The number of aromatic nitrogens is 2. The molecular formula is C76H88N14O15S2. The third-order valence-electron chi connectivity index (χ3n) is 22.7. The van der Waals surface area contributed by atoms with E-state index >= 15 is 9.59 Å². The highest BCUT2D eigenvalue weighted by molar-refractivity contribution is 7.94. The number of piperazine rings is 2. The van der Waals surface area contributed by atoms with Crippen molar-refractivity contribution in [2.24, 2.45) is 0 Å². The molecule has 0 aliphatic carbocycles. The SMILES string of the molecule is CCOc1ncccc1[C@]1(NC(=O)N2CCC(N3C[C@@H]4C[C@H]3CN4C3COC3)CC2)C(=O)N(S(=O)(=O)c2ccc(OC)cc2OC)c2ccc(C#N)cc21.CCOc1ncccc1[C@]1(NC(=O)N2CCN(C3CCN(C4COC4)CC3)CC2)C(=O)N(S(=O)(=O)c2ccc(OC)c(C)c2C)c2ccc(C#N)cc21. The molecule has 6 amide bonds. The fourth-order valence-electron chi connectivity index (χ4n) is 16.9. The van der Waals surface area contributed by atoms with Crippen LogP contribution in [0.4, 0.5) is 21.0 Å². The van der Waals surface area contributed by atoms with Crippen LogP contribution in [0, 0.1) is 36.5 Å². The molecule has 4 aromatic carbocycles. The monoisotopic (exact) mass is 1500 g/mol. The number of carbonyl (C=O) groups is 4. The van der Waals surface area contributed by atoms with E-state index < -0.39 is 55.0 Å². The zero-order valence-electron chi connectivity index (χ0n) is 60.9. The first-order valence-corrected chi connectivity index (χ1v) is 39.2. The van der Waals surface area contributed by atoms with Gasteiger partial charge in [0.15, 0.2) is 11.1 Å². The molecule has 7 fully saturated rings. The van der Waals surface area contributed by atoms with Crippen molar-refractivity contribution >= 4 is 55.3 Å². The molecule has 2 N–H and O–H groups in total. The lowest BCUT2D eigenvalue weighted by molar-refractivity contribution is -0.122. The van der Waals surface area contributed by atoms with Gasteiger partial charge in [0.1, 0.15) is 22.1 Å². The molecule has 29 nitrogen and oxygen atoms in total. The van der Waals surface area contributed by atoms with Gasteiger partial charge in [-0.05, 0) is 156 Å². The number of rotatable bonds is 19. The van der Waals surface area contributed by atoms with Crippen LogP contribution < -0.4 is 42.9 Å². The molecule has 0 saturated carbocycles. The van der Waals surface area contributed by atoms with Crippen molar-refractivity contribution in [2.75, 3.05) is 135 Å². The number of nitriles is 2. The summed E-state index contributed by atoms with van der Waals surface area (Å²) in [6, 6.07) is 28.0. The number of pyridine rings is 2. The zero-order valence-corrected chi connectivity index (χ0v) is 62.6. The van der Waals surface area contributed by atoms with Gasteiger partial charge in [-0.2, -0.15) is 19.1 Å². The summed E-state index contributed by atoms with van der Waals surface area (Å²) in [5.74, 6) is -1.04. The number of fused-ring (bicyclic) bond motifs is 4. The lowest BCUT2D eigenvalue weighted by atomic mass is 9.83.